The van der Waals surface area contributed by atoms with Crippen molar-refractivity contribution in [3.8, 4) is 0 Å². The van der Waals surface area contributed by atoms with E-state index in [9.17, 15) is 14.7 Å². The number of aliphatic hydroxyl groups excluding tert-OH is 1. The van der Waals surface area contributed by atoms with Gasteiger partial charge in [0, 0.05) is 6.61 Å². The van der Waals surface area contributed by atoms with Gasteiger partial charge in [0.2, 0.25) is 0 Å². The minimum atomic E-state index is -1.58. The predicted octanol–water partition coefficient (Wildman–Crippen LogP) is 1.13. The van der Waals surface area contributed by atoms with E-state index in [4.69, 9.17) is 14.9 Å². The van der Waals surface area contributed by atoms with Crippen LogP contribution in [0, 0.1) is 5.92 Å². The average molecular weight is 282 g/mol. The molecular weight excluding hydrogens is 264 g/mol. The molecule has 1 atom stereocenters. The van der Waals surface area contributed by atoms with Gasteiger partial charge in [0.05, 0.1) is 12.7 Å². The zero-order valence-electron chi connectivity index (χ0n) is 10.9. The highest BCUT2D eigenvalue weighted by molar-refractivity contribution is 5.92. The summed E-state index contributed by atoms with van der Waals surface area (Å²) in [6, 6.07) is 9.48. The van der Waals surface area contributed by atoms with Gasteiger partial charge in [-0.15, -0.1) is 0 Å². The molecule has 0 aliphatic rings. The molecule has 3 N–H and O–H groups in total. The molecule has 0 aliphatic carbocycles. The Morgan fingerprint density at radius 2 is 1.70 bits per heavy atom. The van der Waals surface area contributed by atoms with Crippen molar-refractivity contribution in [1.82, 2.24) is 0 Å². The lowest BCUT2D eigenvalue weighted by molar-refractivity contribution is -0.156. The average Bonchev–Trinajstić information content (AvgIpc) is 2.41. The Kier molecular flexibility index (Phi) is 6.69. The number of hydrogen-bond donors (Lipinski definition) is 3. The lowest BCUT2D eigenvalue weighted by atomic mass is 10.0. The van der Waals surface area contributed by atoms with E-state index in [2.05, 4.69) is 0 Å². The summed E-state index contributed by atoms with van der Waals surface area (Å²) in [5.41, 5.74) is 0.996. The molecule has 0 amide bonds. The summed E-state index contributed by atoms with van der Waals surface area (Å²) >= 11 is 0. The van der Waals surface area contributed by atoms with E-state index in [-0.39, 0.29) is 19.4 Å². The first kappa shape index (κ1) is 16.1. The van der Waals surface area contributed by atoms with E-state index in [0.717, 1.165) is 5.56 Å². The number of carboxylic acids is 2. The van der Waals surface area contributed by atoms with Crippen molar-refractivity contribution < 1.29 is 29.6 Å². The molecule has 6 nitrogen and oxygen atoms in total. The zero-order valence-corrected chi connectivity index (χ0v) is 10.9. The highest BCUT2D eigenvalue weighted by Gasteiger charge is 2.28. The molecule has 110 valence electrons. The maximum atomic E-state index is 10.7. The van der Waals surface area contributed by atoms with Gasteiger partial charge in [-0.1, -0.05) is 30.3 Å². The molecule has 0 aromatic heterocycles. The summed E-state index contributed by atoms with van der Waals surface area (Å²) in [5, 5.41) is 27.0. The summed E-state index contributed by atoms with van der Waals surface area (Å²) in [6.45, 7) is 0.636. The Bertz CT molecular complexity index is 417. The molecule has 20 heavy (non-hydrogen) atoms. The van der Waals surface area contributed by atoms with E-state index in [1.54, 1.807) is 0 Å². The zero-order chi connectivity index (χ0) is 15.0. The van der Waals surface area contributed by atoms with Crippen LogP contribution in [0.1, 0.15) is 18.4 Å². The van der Waals surface area contributed by atoms with Crippen LogP contribution in [0.15, 0.2) is 30.3 Å². The molecule has 0 saturated carbocycles. The number of carboxylic acid groups (broad SMARTS) is 2. The number of rotatable bonds is 9. The van der Waals surface area contributed by atoms with Gasteiger partial charge in [-0.25, -0.2) is 0 Å². The summed E-state index contributed by atoms with van der Waals surface area (Å²) in [7, 11) is 0. The molecule has 1 aromatic carbocycles. The first-order valence-corrected chi connectivity index (χ1v) is 6.26. The fraction of sp³-hybridized carbons (Fsp3) is 0.429. The third-order valence-electron chi connectivity index (χ3n) is 2.81. The molecule has 0 radical (unpaired) electrons. The molecular formula is C14H18O6. The van der Waals surface area contributed by atoms with Crippen LogP contribution in [0.2, 0.25) is 0 Å². The predicted molar refractivity (Wildman–Crippen MR) is 70.1 cm³/mol. The van der Waals surface area contributed by atoms with Crippen molar-refractivity contribution in [2.45, 2.75) is 25.6 Å². The number of aliphatic carboxylic acids is 2. The largest absolute Gasteiger partial charge is 0.481 e. The van der Waals surface area contributed by atoms with E-state index in [0.29, 0.717) is 6.61 Å². The fourth-order valence-corrected chi connectivity index (χ4v) is 1.68. The Morgan fingerprint density at radius 1 is 1.10 bits per heavy atom. The Labute approximate surface area is 116 Å². The first-order chi connectivity index (χ1) is 9.50. The van der Waals surface area contributed by atoms with E-state index in [1.165, 1.54) is 0 Å². The fourth-order valence-electron chi connectivity index (χ4n) is 1.68. The molecule has 6 heteroatoms. The second-order valence-electron chi connectivity index (χ2n) is 4.45. The van der Waals surface area contributed by atoms with E-state index >= 15 is 0 Å². The molecule has 0 unspecified atom stereocenters. The van der Waals surface area contributed by atoms with Crippen molar-refractivity contribution in [3.63, 3.8) is 0 Å². The number of hydrogen-bond acceptors (Lipinski definition) is 4. The third-order valence-corrected chi connectivity index (χ3v) is 2.81. The van der Waals surface area contributed by atoms with Gasteiger partial charge in [0.25, 0.3) is 0 Å². The minimum Gasteiger partial charge on any atom is -0.481 e. The minimum absolute atomic E-state index is 0.198. The molecule has 0 aliphatic heterocycles. The standard InChI is InChI=1S/C14H18O6/c15-11(8-12(13(16)17)14(18)19)6-7-20-9-10-4-2-1-3-5-10/h1-5,11-12,15H,6-9H2,(H,16,17)(H,18,19)/t11-/m1/s1. The normalized spacial score (nSPS) is 12.3. The molecule has 1 rings (SSSR count). The van der Waals surface area contributed by atoms with E-state index < -0.39 is 24.0 Å². The van der Waals surface area contributed by atoms with Gasteiger partial charge in [0.15, 0.2) is 5.92 Å². The second kappa shape index (κ2) is 8.29. The van der Waals surface area contributed by atoms with Gasteiger partial charge in [-0.2, -0.15) is 0 Å². The Morgan fingerprint density at radius 3 is 2.25 bits per heavy atom. The summed E-state index contributed by atoms with van der Waals surface area (Å²) in [4.78, 5) is 21.3. The number of benzene rings is 1. The van der Waals surface area contributed by atoms with Crippen LogP contribution in [0.5, 0.6) is 0 Å². The van der Waals surface area contributed by atoms with E-state index in [1.807, 2.05) is 30.3 Å². The van der Waals surface area contributed by atoms with Gasteiger partial charge < -0.3 is 20.1 Å². The van der Waals surface area contributed by atoms with Crippen molar-refractivity contribution in [1.29, 1.82) is 0 Å². The molecule has 0 heterocycles. The SMILES string of the molecule is O=C(O)C(C[C@H](O)CCOCc1ccccc1)C(=O)O. The van der Waals surface area contributed by atoms with Crippen LogP contribution in [0.3, 0.4) is 0 Å². The van der Waals surface area contributed by atoms with Crippen molar-refractivity contribution in [3.05, 3.63) is 35.9 Å². The van der Waals surface area contributed by atoms with Crippen LogP contribution < -0.4 is 0 Å². The monoisotopic (exact) mass is 282 g/mol. The smallest absolute Gasteiger partial charge is 0.317 e. The topological polar surface area (TPSA) is 104 Å². The summed E-state index contributed by atoms with van der Waals surface area (Å²) in [5.74, 6) is -4.47. The third kappa shape index (κ3) is 5.81. The summed E-state index contributed by atoms with van der Waals surface area (Å²) < 4.78 is 5.34. The lowest BCUT2D eigenvalue weighted by Crippen LogP contribution is -2.28. The Hall–Kier alpha value is -1.92. The highest BCUT2D eigenvalue weighted by atomic mass is 16.5. The maximum Gasteiger partial charge on any atom is 0.317 e. The maximum absolute atomic E-state index is 10.7. The lowest BCUT2D eigenvalue weighted by Gasteiger charge is -2.13. The first-order valence-electron chi connectivity index (χ1n) is 6.26. The van der Waals surface area contributed by atoms with Crippen LogP contribution in [0.25, 0.3) is 0 Å². The van der Waals surface area contributed by atoms with Crippen molar-refractivity contribution in [2.75, 3.05) is 6.61 Å². The van der Waals surface area contributed by atoms with Crippen LogP contribution in [-0.4, -0.2) is 40.0 Å². The van der Waals surface area contributed by atoms with Crippen LogP contribution in [0.4, 0.5) is 0 Å². The Balaban J connectivity index is 2.24. The van der Waals surface area contributed by atoms with Gasteiger partial charge in [0.1, 0.15) is 0 Å². The highest BCUT2D eigenvalue weighted by Crippen LogP contribution is 2.11. The number of aliphatic hydroxyl groups is 1. The second-order valence-corrected chi connectivity index (χ2v) is 4.45. The van der Waals surface area contributed by atoms with Gasteiger partial charge in [-0.3, -0.25) is 9.59 Å². The van der Waals surface area contributed by atoms with Gasteiger partial charge in [-0.05, 0) is 18.4 Å². The molecule has 0 saturated heterocycles. The number of carbonyl (C=O) groups is 2. The molecule has 0 fully saturated rings. The quantitative estimate of drug-likeness (QED) is 0.463. The van der Waals surface area contributed by atoms with Crippen molar-refractivity contribution >= 4 is 11.9 Å². The van der Waals surface area contributed by atoms with Crippen LogP contribution in [-0.2, 0) is 20.9 Å². The molecule has 0 bridgehead atoms. The van der Waals surface area contributed by atoms with Crippen LogP contribution >= 0.6 is 0 Å². The van der Waals surface area contributed by atoms with Crippen molar-refractivity contribution in [2.24, 2.45) is 5.92 Å². The summed E-state index contributed by atoms with van der Waals surface area (Å²) in [6.07, 6.45) is -1.13. The molecule has 1 aromatic rings. The van der Waals surface area contributed by atoms with Gasteiger partial charge >= 0.3 is 11.9 Å². The molecule has 0 spiro atoms. The number of ether oxygens (including phenoxy) is 1.